The number of rotatable bonds is 4. The van der Waals surface area contributed by atoms with Crippen LogP contribution < -0.4 is 0 Å². The second-order valence-corrected chi connectivity index (χ2v) is 8.04. The van der Waals surface area contributed by atoms with E-state index in [1.807, 2.05) is 0 Å². The third-order valence-electron chi connectivity index (χ3n) is 6.26. The molecule has 0 saturated carbocycles. The minimum atomic E-state index is 0.552. The van der Waals surface area contributed by atoms with Crippen LogP contribution in [0.15, 0.2) is 97.6 Å². The summed E-state index contributed by atoms with van der Waals surface area (Å²) in [6.45, 7) is 3.93. The lowest BCUT2D eigenvalue weighted by molar-refractivity contribution is 0.401. The maximum atomic E-state index is 4.95. The smallest absolute Gasteiger partial charge is 0.145 e. The number of hydrogen-bond acceptors (Lipinski definition) is 1. The fraction of sp³-hybridized carbons (Fsp3) is 0.222. The molecule has 2 aromatic carbocycles. The van der Waals surface area contributed by atoms with Crippen molar-refractivity contribution in [2.45, 2.75) is 19.3 Å². The van der Waals surface area contributed by atoms with Gasteiger partial charge in [0.1, 0.15) is 5.82 Å². The molecule has 5 rings (SSSR count). The van der Waals surface area contributed by atoms with Crippen molar-refractivity contribution in [1.29, 1.82) is 0 Å². The zero-order chi connectivity index (χ0) is 19.6. The quantitative estimate of drug-likeness (QED) is 0.452. The van der Waals surface area contributed by atoms with Crippen LogP contribution in [0.4, 0.5) is 0 Å². The molecule has 0 saturated heterocycles. The van der Waals surface area contributed by atoms with Gasteiger partial charge in [0.25, 0.3) is 0 Å². The van der Waals surface area contributed by atoms with Gasteiger partial charge in [-0.05, 0) is 55.2 Å². The zero-order valence-corrected chi connectivity index (χ0v) is 16.6. The van der Waals surface area contributed by atoms with Gasteiger partial charge >= 0.3 is 0 Å². The van der Waals surface area contributed by atoms with Gasteiger partial charge in [-0.25, -0.2) is 4.98 Å². The highest BCUT2D eigenvalue weighted by atomic mass is 15.1. The van der Waals surface area contributed by atoms with Crippen molar-refractivity contribution in [3.05, 3.63) is 97.6 Å². The standard InChI is InChI=1S/C27H26N2/c1-2-20-12-14-21(15-13-20)22-16-18-24(19-17-22)29-26-11-7-6-10-25(26)28-27(29)23-8-4-3-5-9-23/h2-12,14,16,18-22H,1,13,15,17H2. The first-order valence-electron chi connectivity index (χ1n) is 10.6. The fourth-order valence-electron chi connectivity index (χ4n) is 4.59. The molecule has 0 aliphatic heterocycles. The van der Waals surface area contributed by atoms with Crippen molar-refractivity contribution in [2.24, 2.45) is 17.8 Å². The van der Waals surface area contributed by atoms with Crippen LogP contribution in [0.3, 0.4) is 0 Å². The van der Waals surface area contributed by atoms with E-state index in [-0.39, 0.29) is 0 Å². The van der Waals surface area contributed by atoms with Gasteiger partial charge in [-0.2, -0.15) is 0 Å². The van der Waals surface area contributed by atoms with E-state index >= 15 is 0 Å². The number of aromatic nitrogens is 2. The highest BCUT2D eigenvalue weighted by molar-refractivity contribution is 5.86. The highest BCUT2D eigenvalue weighted by Crippen LogP contribution is 2.36. The summed E-state index contributed by atoms with van der Waals surface area (Å²) in [5.74, 6) is 2.77. The minimum absolute atomic E-state index is 0.552. The third kappa shape index (κ3) is 3.40. The molecule has 0 amide bonds. The lowest BCUT2D eigenvalue weighted by Gasteiger charge is -2.28. The van der Waals surface area contributed by atoms with E-state index in [0.717, 1.165) is 28.8 Å². The first-order valence-corrected chi connectivity index (χ1v) is 10.6. The summed E-state index contributed by atoms with van der Waals surface area (Å²) in [7, 11) is 0. The summed E-state index contributed by atoms with van der Waals surface area (Å²) in [6, 6.07) is 18.9. The van der Waals surface area contributed by atoms with E-state index in [1.165, 1.54) is 18.5 Å². The highest BCUT2D eigenvalue weighted by Gasteiger charge is 2.23. The van der Waals surface area contributed by atoms with Gasteiger partial charge in [-0.3, -0.25) is 4.57 Å². The van der Waals surface area contributed by atoms with Gasteiger partial charge < -0.3 is 0 Å². The predicted octanol–water partition coefficient (Wildman–Crippen LogP) is 6.89. The van der Waals surface area contributed by atoms with E-state index in [0.29, 0.717) is 17.8 Å². The summed E-state index contributed by atoms with van der Waals surface area (Å²) in [4.78, 5) is 4.95. The molecule has 2 heteroatoms. The molecule has 0 fully saturated rings. The molecule has 2 aliphatic carbocycles. The van der Waals surface area contributed by atoms with Crippen LogP contribution in [0, 0.1) is 17.8 Å². The zero-order valence-electron chi connectivity index (χ0n) is 16.6. The molecule has 3 atom stereocenters. The molecule has 2 aliphatic rings. The molecule has 0 radical (unpaired) electrons. The maximum Gasteiger partial charge on any atom is 0.145 e. The van der Waals surface area contributed by atoms with Crippen LogP contribution in [0.1, 0.15) is 19.3 Å². The molecular formula is C27H26N2. The third-order valence-corrected chi connectivity index (χ3v) is 6.26. The summed E-state index contributed by atoms with van der Waals surface area (Å²) in [5, 5.41) is 0. The molecule has 1 heterocycles. The lowest BCUT2D eigenvalue weighted by atomic mass is 9.78. The Labute approximate surface area is 172 Å². The van der Waals surface area contributed by atoms with Crippen LogP contribution >= 0.6 is 0 Å². The van der Waals surface area contributed by atoms with Crippen molar-refractivity contribution in [2.75, 3.05) is 0 Å². The Morgan fingerprint density at radius 1 is 0.897 bits per heavy atom. The second-order valence-electron chi connectivity index (χ2n) is 8.04. The van der Waals surface area contributed by atoms with E-state index in [1.54, 1.807) is 0 Å². The van der Waals surface area contributed by atoms with Crippen molar-refractivity contribution in [1.82, 2.24) is 9.55 Å². The fourth-order valence-corrected chi connectivity index (χ4v) is 4.59. The van der Waals surface area contributed by atoms with Gasteiger partial charge in [-0.15, -0.1) is 6.58 Å². The van der Waals surface area contributed by atoms with Gasteiger partial charge in [-0.1, -0.05) is 72.8 Å². The molecule has 2 nitrogen and oxygen atoms in total. The first kappa shape index (κ1) is 17.9. The summed E-state index contributed by atoms with van der Waals surface area (Å²) in [6.07, 6.45) is 17.4. The molecule has 1 aromatic heterocycles. The number of hydrogen-bond donors (Lipinski definition) is 0. The average Bonchev–Trinajstić information content (AvgIpc) is 3.19. The summed E-state index contributed by atoms with van der Waals surface area (Å²) in [5.41, 5.74) is 4.56. The Morgan fingerprint density at radius 2 is 1.72 bits per heavy atom. The van der Waals surface area contributed by atoms with Gasteiger partial charge in [0, 0.05) is 11.3 Å². The van der Waals surface area contributed by atoms with E-state index in [9.17, 15) is 0 Å². The molecular weight excluding hydrogens is 352 g/mol. The molecule has 144 valence electrons. The minimum Gasteiger partial charge on any atom is -0.293 e. The van der Waals surface area contributed by atoms with Crippen molar-refractivity contribution in [3.63, 3.8) is 0 Å². The number of nitrogens with zero attached hydrogens (tertiary/aromatic N) is 2. The normalized spacial score (nSPS) is 23.9. The van der Waals surface area contributed by atoms with Gasteiger partial charge in [0.2, 0.25) is 0 Å². The SMILES string of the molecule is C=CC1C=CC(C2C=CC(n3c(-c4ccccc4)nc4ccccc43)=CC2)CC1. The molecule has 0 spiro atoms. The second kappa shape index (κ2) is 7.71. The van der Waals surface area contributed by atoms with Crippen molar-refractivity contribution in [3.8, 4) is 11.4 Å². The van der Waals surface area contributed by atoms with Crippen molar-refractivity contribution >= 4 is 16.7 Å². The van der Waals surface area contributed by atoms with Crippen LogP contribution in [0.2, 0.25) is 0 Å². The van der Waals surface area contributed by atoms with Crippen LogP contribution in [0.5, 0.6) is 0 Å². The number of benzene rings is 2. The number of fused-ring (bicyclic) bond motifs is 1. The Balaban J connectivity index is 1.48. The van der Waals surface area contributed by atoms with Crippen molar-refractivity contribution < 1.29 is 0 Å². The van der Waals surface area contributed by atoms with E-state index in [2.05, 4.69) is 102 Å². The first-order chi connectivity index (χ1) is 14.3. The molecule has 3 unspecified atom stereocenters. The predicted molar refractivity (Wildman–Crippen MR) is 122 cm³/mol. The Bertz CT molecular complexity index is 1110. The molecule has 0 N–H and O–H groups in total. The molecule has 0 bridgehead atoms. The summed E-state index contributed by atoms with van der Waals surface area (Å²) < 4.78 is 2.31. The number of imidazole rings is 1. The van der Waals surface area contributed by atoms with Crippen LogP contribution in [-0.2, 0) is 0 Å². The monoisotopic (exact) mass is 378 g/mol. The Morgan fingerprint density at radius 3 is 2.45 bits per heavy atom. The van der Waals surface area contributed by atoms with E-state index < -0.39 is 0 Å². The number of para-hydroxylation sites is 2. The Kier molecular flexibility index (Phi) is 4.77. The van der Waals surface area contributed by atoms with Gasteiger partial charge in [0.15, 0.2) is 0 Å². The number of allylic oxidation sites excluding steroid dienone is 7. The Hall–Kier alpha value is -3.13. The van der Waals surface area contributed by atoms with Gasteiger partial charge in [0.05, 0.1) is 11.0 Å². The van der Waals surface area contributed by atoms with E-state index in [4.69, 9.17) is 4.98 Å². The lowest BCUT2D eigenvalue weighted by Crippen LogP contribution is -2.17. The van der Waals surface area contributed by atoms with Crippen LogP contribution in [-0.4, -0.2) is 9.55 Å². The largest absolute Gasteiger partial charge is 0.293 e. The van der Waals surface area contributed by atoms with Crippen LogP contribution in [0.25, 0.3) is 28.1 Å². The molecule has 29 heavy (non-hydrogen) atoms. The topological polar surface area (TPSA) is 17.8 Å². The molecule has 3 aromatic rings. The summed E-state index contributed by atoms with van der Waals surface area (Å²) >= 11 is 0. The maximum absolute atomic E-state index is 4.95. The average molecular weight is 379 g/mol.